The normalized spacial score (nSPS) is 17.4. The third-order valence-corrected chi connectivity index (χ3v) is 4.24. The predicted molar refractivity (Wildman–Crippen MR) is 77.8 cm³/mol. The van der Waals surface area contributed by atoms with Crippen molar-refractivity contribution in [3.8, 4) is 0 Å². The summed E-state index contributed by atoms with van der Waals surface area (Å²) in [5, 5.41) is 12.6. The molecule has 0 amide bonds. The Morgan fingerprint density at radius 3 is 2.70 bits per heavy atom. The summed E-state index contributed by atoms with van der Waals surface area (Å²) in [4.78, 5) is 4.28. The number of imidazole rings is 1. The van der Waals surface area contributed by atoms with Gasteiger partial charge in [0, 0.05) is 13.6 Å². The number of aliphatic hydroxyl groups excluding tert-OH is 1. The Morgan fingerprint density at radius 1 is 1.39 bits per heavy atom. The molecular formula is C15H18F3N3O2. The van der Waals surface area contributed by atoms with Crippen LogP contribution in [0.4, 0.5) is 13.2 Å². The van der Waals surface area contributed by atoms with Crippen molar-refractivity contribution in [2.75, 3.05) is 26.4 Å². The second-order valence-electron chi connectivity index (χ2n) is 6.04. The average molecular weight is 329 g/mol. The number of alkyl halides is 3. The van der Waals surface area contributed by atoms with Crippen molar-refractivity contribution in [2.45, 2.75) is 12.7 Å². The predicted octanol–water partition coefficient (Wildman–Crippen LogP) is 1.69. The second kappa shape index (κ2) is 5.77. The number of nitrogens with one attached hydrogen (secondary N) is 1. The molecule has 0 spiro atoms. The number of halogens is 3. The van der Waals surface area contributed by atoms with E-state index in [0.717, 1.165) is 12.1 Å². The van der Waals surface area contributed by atoms with Gasteiger partial charge in [0.1, 0.15) is 5.82 Å². The van der Waals surface area contributed by atoms with Crippen molar-refractivity contribution in [1.82, 2.24) is 14.9 Å². The fourth-order valence-electron chi connectivity index (χ4n) is 2.66. The van der Waals surface area contributed by atoms with Crippen LogP contribution in [-0.2, 0) is 24.5 Å². The summed E-state index contributed by atoms with van der Waals surface area (Å²) >= 11 is 0. The van der Waals surface area contributed by atoms with Crippen LogP contribution in [0.25, 0.3) is 11.0 Å². The number of rotatable bonds is 5. The summed E-state index contributed by atoms with van der Waals surface area (Å²) in [7, 11) is 1.77. The molecule has 2 heterocycles. The topological polar surface area (TPSA) is 59.3 Å². The van der Waals surface area contributed by atoms with Crippen molar-refractivity contribution in [2.24, 2.45) is 12.5 Å². The van der Waals surface area contributed by atoms with E-state index >= 15 is 0 Å². The van der Waals surface area contributed by atoms with Crippen LogP contribution in [-0.4, -0.2) is 41.0 Å². The van der Waals surface area contributed by atoms with Crippen molar-refractivity contribution in [3.05, 3.63) is 29.6 Å². The largest absolute Gasteiger partial charge is 0.416 e. The number of fused-ring (bicyclic) bond motifs is 1. The van der Waals surface area contributed by atoms with Crippen molar-refractivity contribution in [3.63, 3.8) is 0 Å². The van der Waals surface area contributed by atoms with Gasteiger partial charge in [-0.15, -0.1) is 0 Å². The Bertz CT molecular complexity index is 702. The molecule has 0 saturated carbocycles. The lowest BCUT2D eigenvalue weighted by atomic mass is 9.87. The van der Waals surface area contributed by atoms with Gasteiger partial charge in [-0.25, -0.2) is 4.98 Å². The van der Waals surface area contributed by atoms with E-state index in [0.29, 0.717) is 43.2 Å². The highest BCUT2D eigenvalue weighted by molar-refractivity contribution is 5.77. The first-order valence-electron chi connectivity index (χ1n) is 7.27. The van der Waals surface area contributed by atoms with E-state index in [4.69, 9.17) is 4.74 Å². The number of hydrogen-bond donors (Lipinski definition) is 2. The van der Waals surface area contributed by atoms with Crippen LogP contribution in [0.3, 0.4) is 0 Å². The summed E-state index contributed by atoms with van der Waals surface area (Å²) in [5.41, 5.74) is 0.0173. The molecule has 1 aliphatic heterocycles. The lowest BCUT2D eigenvalue weighted by Gasteiger charge is -2.39. The molecule has 1 fully saturated rings. The zero-order valence-electron chi connectivity index (χ0n) is 12.7. The molecule has 0 atom stereocenters. The zero-order valence-corrected chi connectivity index (χ0v) is 12.7. The molecule has 1 aliphatic rings. The van der Waals surface area contributed by atoms with Crippen LogP contribution >= 0.6 is 0 Å². The number of benzene rings is 1. The number of nitrogens with zero attached hydrogens (tertiary/aromatic N) is 2. The van der Waals surface area contributed by atoms with E-state index in [1.807, 2.05) is 0 Å². The maximum atomic E-state index is 12.8. The molecule has 23 heavy (non-hydrogen) atoms. The van der Waals surface area contributed by atoms with Gasteiger partial charge in [-0.05, 0) is 18.2 Å². The molecule has 126 valence electrons. The lowest BCUT2D eigenvalue weighted by Crippen LogP contribution is -2.52. The Hall–Kier alpha value is -1.64. The molecule has 5 nitrogen and oxygen atoms in total. The average Bonchev–Trinajstić information content (AvgIpc) is 2.77. The third-order valence-electron chi connectivity index (χ3n) is 4.24. The molecule has 1 aromatic carbocycles. The molecule has 8 heteroatoms. The second-order valence-corrected chi connectivity index (χ2v) is 6.04. The van der Waals surface area contributed by atoms with E-state index in [1.165, 1.54) is 6.07 Å². The first-order valence-corrected chi connectivity index (χ1v) is 7.27. The van der Waals surface area contributed by atoms with Crippen LogP contribution in [0.1, 0.15) is 11.4 Å². The minimum absolute atomic E-state index is 0.0392. The highest BCUT2D eigenvalue weighted by Gasteiger charge is 2.37. The smallest absolute Gasteiger partial charge is 0.396 e. The van der Waals surface area contributed by atoms with Crippen LogP contribution in [0, 0.1) is 5.41 Å². The molecule has 3 rings (SSSR count). The quantitative estimate of drug-likeness (QED) is 0.876. The van der Waals surface area contributed by atoms with E-state index < -0.39 is 11.7 Å². The van der Waals surface area contributed by atoms with Crippen LogP contribution in [0.5, 0.6) is 0 Å². The molecule has 1 aromatic heterocycles. The zero-order chi connectivity index (χ0) is 16.7. The number of ether oxygens (including phenoxy) is 1. The minimum Gasteiger partial charge on any atom is -0.396 e. The maximum absolute atomic E-state index is 12.8. The molecule has 0 aliphatic carbocycles. The van der Waals surface area contributed by atoms with Gasteiger partial charge in [0.15, 0.2) is 0 Å². The molecule has 2 N–H and O–H groups in total. The van der Waals surface area contributed by atoms with Crippen molar-refractivity contribution in [1.29, 1.82) is 0 Å². The first-order chi connectivity index (χ1) is 10.8. The molecule has 0 bridgehead atoms. The van der Waals surface area contributed by atoms with Crippen LogP contribution < -0.4 is 5.32 Å². The first kappa shape index (κ1) is 16.2. The Kier molecular flexibility index (Phi) is 4.07. The SMILES string of the molecule is Cn1c(CNCC2(CO)COC2)nc2cc(C(F)(F)F)ccc21. The van der Waals surface area contributed by atoms with Crippen LogP contribution in [0.2, 0.25) is 0 Å². The Morgan fingerprint density at radius 2 is 2.13 bits per heavy atom. The highest BCUT2D eigenvalue weighted by atomic mass is 19.4. The van der Waals surface area contributed by atoms with E-state index in [9.17, 15) is 18.3 Å². The maximum Gasteiger partial charge on any atom is 0.416 e. The monoisotopic (exact) mass is 329 g/mol. The summed E-state index contributed by atoms with van der Waals surface area (Å²) in [5.74, 6) is 0.646. The minimum atomic E-state index is -4.37. The molecule has 0 radical (unpaired) electrons. The van der Waals surface area contributed by atoms with Gasteiger partial charge in [-0.1, -0.05) is 0 Å². The summed E-state index contributed by atoms with van der Waals surface area (Å²) < 4.78 is 45.2. The van der Waals surface area contributed by atoms with Crippen molar-refractivity contribution < 1.29 is 23.0 Å². The summed E-state index contributed by atoms with van der Waals surface area (Å²) in [6.45, 7) is 2.04. The van der Waals surface area contributed by atoms with E-state index in [1.54, 1.807) is 11.6 Å². The van der Waals surface area contributed by atoms with Gasteiger partial charge in [-0.2, -0.15) is 13.2 Å². The number of aromatic nitrogens is 2. The molecule has 1 saturated heterocycles. The fourth-order valence-corrected chi connectivity index (χ4v) is 2.66. The lowest BCUT2D eigenvalue weighted by molar-refractivity contribution is -0.137. The standard InChI is InChI=1S/C15H18F3N3O2/c1-21-12-3-2-10(15(16,17)18)4-11(12)20-13(21)5-19-6-14(7-22)8-23-9-14/h2-4,19,22H,5-9H2,1H3. The van der Waals surface area contributed by atoms with Crippen molar-refractivity contribution >= 4 is 11.0 Å². The summed E-state index contributed by atoms with van der Waals surface area (Å²) in [6.07, 6.45) is -4.37. The van der Waals surface area contributed by atoms with Gasteiger partial charge in [0.05, 0.1) is 48.4 Å². The van der Waals surface area contributed by atoms with E-state index in [-0.39, 0.29) is 12.0 Å². The fraction of sp³-hybridized carbons (Fsp3) is 0.533. The number of aryl methyl sites for hydroxylation is 1. The van der Waals surface area contributed by atoms with Gasteiger partial charge in [0.2, 0.25) is 0 Å². The molecular weight excluding hydrogens is 311 g/mol. The number of aliphatic hydroxyl groups is 1. The Balaban J connectivity index is 1.75. The third kappa shape index (κ3) is 3.06. The van der Waals surface area contributed by atoms with Crippen LogP contribution in [0.15, 0.2) is 18.2 Å². The highest BCUT2D eigenvalue weighted by Crippen LogP contribution is 2.31. The molecule has 2 aromatic rings. The Labute approximate surface area is 131 Å². The number of hydrogen-bond acceptors (Lipinski definition) is 4. The van der Waals surface area contributed by atoms with Gasteiger partial charge in [0.25, 0.3) is 0 Å². The van der Waals surface area contributed by atoms with E-state index in [2.05, 4.69) is 10.3 Å². The molecule has 0 unspecified atom stereocenters. The summed E-state index contributed by atoms with van der Waals surface area (Å²) in [6, 6.07) is 3.56. The van der Waals surface area contributed by atoms with Gasteiger partial charge >= 0.3 is 6.18 Å². The van der Waals surface area contributed by atoms with Gasteiger partial charge in [-0.3, -0.25) is 0 Å². The van der Waals surface area contributed by atoms with Gasteiger partial charge < -0.3 is 19.7 Å².